The zero-order valence-electron chi connectivity index (χ0n) is 16.0. The fourth-order valence-electron chi connectivity index (χ4n) is 3.79. The summed E-state index contributed by atoms with van der Waals surface area (Å²) in [6.07, 6.45) is 1.86. The van der Waals surface area contributed by atoms with Crippen LogP contribution in [0.25, 0.3) is 11.3 Å². The molecule has 3 heteroatoms. The van der Waals surface area contributed by atoms with Gasteiger partial charge in [0, 0.05) is 51.0 Å². The third-order valence-corrected chi connectivity index (χ3v) is 5.25. The van der Waals surface area contributed by atoms with E-state index in [1.54, 1.807) is 0 Å². The van der Waals surface area contributed by atoms with Crippen LogP contribution >= 0.6 is 0 Å². The Hall–Kier alpha value is -2.49. The van der Waals surface area contributed by atoms with Crippen LogP contribution in [0.4, 0.5) is 0 Å². The SMILES string of the molecule is Cc1cccc(CN2CCN(Cc3cccc(-c4ccccn4)c3)CC2)c1. The van der Waals surface area contributed by atoms with Crippen LogP contribution in [0.5, 0.6) is 0 Å². The molecule has 1 aliphatic rings. The largest absolute Gasteiger partial charge is 0.297 e. The van der Waals surface area contributed by atoms with Crippen LogP contribution in [0, 0.1) is 6.92 Å². The summed E-state index contributed by atoms with van der Waals surface area (Å²) in [5.74, 6) is 0. The molecular formula is C24H27N3. The monoisotopic (exact) mass is 357 g/mol. The first-order valence-electron chi connectivity index (χ1n) is 9.77. The quantitative estimate of drug-likeness (QED) is 0.676. The standard InChI is InChI=1S/C24H27N3/c1-20-6-4-7-21(16-20)18-26-12-14-27(15-13-26)19-22-8-5-9-23(17-22)24-10-2-3-11-25-24/h2-11,16-17H,12-15,18-19H2,1H3. The van der Waals surface area contributed by atoms with Gasteiger partial charge in [0.15, 0.2) is 0 Å². The van der Waals surface area contributed by atoms with E-state index >= 15 is 0 Å². The van der Waals surface area contributed by atoms with Gasteiger partial charge < -0.3 is 0 Å². The first kappa shape index (κ1) is 17.9. The van der Waals surface area contributed by atoms with Crippen molar-refractivity contribution in [1.82, 2.24) is 14.8 Å². The predicted molar refractivity (Wildman–Crippen MR) is 111 cm³/mol. The maximum Gasteiger partial charge on any atom is 0.0702 e. The molecule has 2 heterocycles. The Kier molecular flexibility index (Phi) is 5.61. The average molecular weight is 358 g/mol. The number of aryl methyl sites for hydroxylation is 1. The lowest BCUT2D eigenvalue weighted by atomic mass is 10.1. The number of benzene rings is 2. The molecule has 0 spiro atoms. The Labute approximate surface area is 162 Å². The van der Waals surface area contributed by atoms with Crippen LogP contribution < -0.4 is 0 Å². The molecule has 0 unspecified atom stereocenters. The lowest BCUT2D eigenvalue weighted by Gasteiger charge is -2.34. The number of nitrogens with zero attached hydrogens (tertiary/aromatic N) is 3. The minimum Gasteiger partial charge on any atom is -0.297 e. The van der Waals surface area contributed by atoms with Gasteiger partial charge in [-0.1, -0.05) is 54.1 Å². The molecule has 1 saturated heterocycles. The van der Waals surface area contributed by atoms with E-state index in [0.717, 1.165) is 45.0 Å². The number of rotatable bonds is 5. The van der Waals surface area contributed by atoms with Crippen molar-refractivity contribution in [2.75, 3.05) is 26.2 Å². The van der Waals surface area contributed by atoms with Gasteiger partial charge in [-0.05, 0) is 36.2 Å². The van der Waals surface area contributed by atoms with Crippen molar-refractivity contribution < 1.29 is 0 Å². The molecule has 0 aliphatic carbocycles. The molecule has 0 radical (unpaired) electrons. The van der Waals surface area contributed by atoms with E-state index in [-0.39, 0.29) is 0 Å². The van der Waals surface area contributed by atoms with Gasteiger partial charge in [-0.25, -0.2) is 0 Å². The second-order valence-corrected chi connectivity index (χ2v) is 7.46. The Morgan fingerprint density at radius 2 is 1.41 bits per heavy atom. The normalized spacial score (nSPS) is 15.7. The fourth-order valence-corrected chi connectivity index (χ4v) is 3.79. The molecule has 138 valence electrons. The summed E-state index contributed by atoms with van der Waals surface area (Å²) < 4.78 is 0. The van der Waals surface area contributed by atoms with Crippen molar-refractivity contribution >= 4 is 0 Å². The van der Waals surface area contributed by atoms with E-state index in [1.807, 2.05) is 18.3 Å². The number of aromatic nitrogens is 1. The highest BCUT2D eigenvalue weighted by molar-refractivity contribution is 5.59. The second-order valence-electron chi connectivity index (χ2n) is 7.46. The molecular weight excluding hydrogens is 330 g/mol. The number of piperazine rings is 1. The van der Waals surface area contributed by atoms with Gasteiger partial charge in [-0.2, -0.15) is 0 Å². The van der Waals surface area contributed by atoms with Crippen LogP contribution in [-0.4, -0.2) is 41.0 Å². The Balaban J connectivity index is 1.33. The molecule has 1 aliphatic heterocycles. The van der Waals surface area contributed by atoms with E-state index < -0.39 is 0 Å². The Bertz CT molecular complexity index is 868. The molecule has 4 rings (SSSR count). The van der Waals surface area contributed by atoms with Crippen molar-refractivity contribution in [3.63, 3.8) is 0 Å². The smallest absolute Gasteiger partial charge is 0.0702 e. The van der Waals surface area contributed by atoms with Gasteiger partial charge >= 0.3 is 0 Å². The van der Waals surface area contributed by atoms with E-state index in [1.165, 1.54) is 22.3 Å². The topological polar surface area (TPSA) is 19.4 Å². The maximum atomic E-state index is 4.47. The Morgan fingerprint density at radius 3 is 2.04 bits per heavy atom. The molecule has 27 heavy (non-hydrogen) atoms. The lowest BCUT2D eigenvalue weighted by Crippen LogP contribution is -2.45. The molecule has 0 N–H and O–H groups in total. The van der Waals surface area contributed by atoms with Gasteiger partial charge in [0.2, 0.25) is 0 Å². The molecule has 1 aromatic heterocycles. The van der Waals surface area contributed by atoms with E-state index in [4.69, 9.17) is 0 Å². The van der Waals surface area contributed by atoms with Gasteiger partial charge in [0.1, 0.15) is 0 Å². The number of pyridine rings is 1. The molecule has 0 atom stereocenters. The third kappa shape index (κ3) is 4.82. The summed E-state index contributed by atoms with van der Waals surface area (Å²) in [7, 11) is 0. The molecule has 0 bridgehead atoms. The molecule has 3 aromatic rings. The van der Waals surface area contributed by atoms with Crippen molar-refractivity contribution in [2.24, 2.45) is 0 Å². The number of hydrogen-bond acceptors (Lipinski definition) is 3. The van der Waals surface area contributed by atoms with Crippen molar-refractivity contribution in [3.05, 3.63) is 89.6 Å². The van der Waals surface area contributed by atoms with E-state index in [2.05, 4.69) is 76.3 Å². The average Bonchev–Trinajstić information content (AvgIpc) is 2.70. The second kappa shape index (κ2) is 8.47. The van der Waals surface area contributed by atoms with Crippen LogP contribution in [0.2, 0.25) is 0 Å². The summed E-state index contributed by atoms with van der Waals surface area (Å²) in [5.41, 5.74) is 6.38. The number of hydrogen-bond donors (Lipinski definition) is 0. The summed E-state index contributed by atoms with van der Waals surface area (Å²) in [6.45, 7) is 8.76. The first-order chi connectivity index (χ1) is 13.3. The van der Waals surface area contributed by atoms with Gasteiger partial charge in [-0.15, -0.1) is 0 Å². The molecule has 2 aromatic carbocycles. The highest BCUT2D eigenvalue weighted by atomic mass is 15.3. The van der Waals surface area contributed by atoms with Gasteiger partial charge in [0.25, 0.3) is 0 Å². The highest BCUT2D eigenvalue weighted by Gasteiger charge is 2.17. The first-order valence-corrected chi connectivity index (χ1v) is 9.77. The van der Waals surface area contributed by atoms with E-state index in [0.29, 0.717) is 0 Å². The van der Waals surface area contributed by atoms with Crippen LogP contribution in [0.15, 0.2) is 72.9 Å². The van der Waals surface area contributed by atoms with Gasteiger partial charge in [0.05, 0.1) is 5.69 Å². The summed E-state index contributed by atoms with van der Waals surface area (Å²) in [4.78, 5) is 9.60. The predicted octanol–water partition coefficient (Wildman–Crippen LogP) is 4.37. The summed E-state index contributed by atoms with van der Waals surface area (Å²) in [6, 6.07) is 23.7. The van der Waals surface area contributed by atoms with Crippen molar-refractivity contribution in [3.8, 4) is 11.3 Å². The minimum atomic E-state index is 1.01. The van der Waals surface area contributed by atoms with Crippen molar-refractivity contribution in [1.29, 1.82) is 0 Å². The summed E-state index contributed by atoms with van der Waals surface area (Å²) in [5, 5.41) is 0. The Morgan fingerprint density at radius 1 is 0.741 bits per heavy atom. The van der Waals surface area contributed by atoms with Crippen molar-refractivity contribution in [2.45, 2.75) is 20.0 Å². The molecule has 0 saturated carbocycles. The van der Waals surface area contributed by atoms with E-state index in [9.17, 15) is 0 Å². The fraction of sp³-hybridized carbons (Fsp3) is 0.292. The van der Waals surface area contributed by atoms with Crippen LogP contribution in [-0.2, 0) is 13.1 Å². The van der Waals surface area contributed by atoms with Crippen LogP contribution in [0.1, 0.15) is 16.7 Å². The van der Waals surface area contributed by atoms with Crippen LogP contribution in [0.3, 0.4) is 0 Å². The summed E-state index contributed by atoms with van der Waals surface area (Å²) >= 11 is 0. The third-order valence-electron chi connectivity index (χ3n) is 5.25. The van der Waals surface area contributed by atoms with Gasteiger partial charge in [-0.3, -0.25) is 14.8 Å². The zero-order chi connectivity index (χ0) is 18.5. The highest BCUT2D eigenvalue weighted by Crippen LogP contribution is 2.19. The zero-order valence-corrected chi connectivity index (χ0v) is 16.0. The minimum absolute atomic E-state index is 1.01. The molecule has 3 nitrogen and oxygen atoms in total. The lowest BCUT2D eigenvalue weighted by molar-refractivity contribution is 0.122. The molecule has 1 fully saturated rings. The molecule has 0 amide bonds. The maximum absolute atomic E-state index is 4.47.